The van der Waals surface area contributed by atoms with Crippen LogP contribution in [0.5, 0.6) is 11.5 Å². The van der Waals surface area contributed by atoms with E-state index >= 15 is 0 Å². The van der Waals surface area contributed by atoms with Crippen molar-refractivity contribution in [2.75, 3.05) is 7.11 Å². The van der Waals surface area contributed by atoms with Gasteiger partial charge in [-0.25, -0.2) is 0 Å². The zero-order valence-electron chi connectivity index (χ0n) is 9.01. The van der Waals surface area contributed by atoms with Gasteiger partial charge in [0.25, 0.3) is 5.69 Å². The smallest absolute Gasteiger partial charge is 0.273 e. The van der Waals surface area contributed by atoms with E-state index in [2.05, 4.69) is 0 Å². The molecule has 6 nitrogen and oxygen atoms in total. The highest BCUT2D eigenvalue weighted by molar-refractivity contribution is 5.54. The molecular weight excluding hydrogens is 214 g/mol. The second kappa shape index (κ2) is 4.80. The Morgan fingerprint density at radius 1 is 1.56 bits per heavy atom. The summed E-state index contributed by atoms with van der Waals surface area (Å²) in [4.78, 5) is 10.0. The van der Waals surface area contributed by atoms with Gasteiger partial charge in [-0.1, -0.05) is 6.92 Å². The van der Waals surface area contributed by atoms with Crippen LogP contribution >= 0.6 is 0 Å². The number of phenols is 1. The van der Waals surface area contributed by atoms with Crippen molar-refractivity contribution in [1.82, 2.24) is 0 Å². The van der Waals surface area contributed by atoms with E-state index in [0.29, 0.717) is 6.42 Å². The van der Waals surface area contributed by atoms with E-state index in [4.69, 9.17) is 4.74 Å². The van der Waals surface area contributed by atoms with Crippen LogP contribution in [0.2, 0.25) is 0 Å². The lowest BCUT2D eigenvalue weighted by Crippen LogP contribution is -2.00. The van der Waals surface area contributed by atoms with Crippen molar-refractivity contribution < 1.29 is 19.9 Å². The second-order valence-corrected chi connectivity index (χ2v) is 3.27. The third kappa shape index (κ3) is 2.22. The number of aliphatic hydroxyl groups excluding tert-OH is 1. The largest absolute Gasteiger partial charge is 0.504 e. The number of nitro benzene ring substituents is 1. The van der Waals surface area contributed by atoms with Crippen molar-refractivity contribution in [3.63, 3.8) is 0 Å². The minimum absolute atomic E-state index is 0.0169. The van der Waals surface area contributed by atoms with Crippen LogP contribution in [0.15, 0.2) is 12.1 Å². The number of methoxy groups -OCH3 is 1. The molecule has 0 bridgehead atoms. The standard InChI is InChI=1S/C10H13NO5/c1-3-8(12)7-4-6(11(14)15)5-9(16-2)10(7)13/h4-5,8,12-13H,3H2,1-2H3. The summed E-state index contributed by atoms with van der Waals surface area (Å²) in [6.45, 7) is 1.70. The molecule has 0 aliphatic rings. The van der Waals surface area contributed by atoms with Crippen LogP contribution in [-0.4, -0.2) is 22.2 Å². The molecule has 2 N–H and O–H groups in total. The van der Waals surface area contributed by atoms with Crippen LogP contribution in [0, 0.1) is 10.1 Å². The number of nitro groups is 1. The Balaban J connectivity index is 3.35. The summed E-state index contributed by atoms with van der Waals surface area (Å²) in [6, 6.07) is 2.26. The summed E-state index contributed by atoms with van der Waals surface area (Å²) in [5, 5.41) is 29.9. The van der Waals surface area contributed by atoms with Crippen molar-refractivity contribution in [2.24, 2.45) is 0 Å². The summed E-state index contributed by atoms with van der Waals surface area (Å²) in [7, 11) is 1.29. The Labute approximate surface area is 92.2 Å². The van der Waals surface area contributed by atoms with Gasteiger partial charge in [0.05, 0.1) is 24.2 Å². The van der Waals surface area contributed by atoms with Gasteiger partial charge in [-0.2, -0.15) is 0 Å². The molecule has 0 radical (unpaired) electrons. The average Bonchev–Trinajstić information content (AvgIpc) is 2.28. The molecule has 0 aromatic heterocycles. The van der Waals surface area contributed by atoms with Gasteiger partial charge in [0.15, 0.2) is 11.5 Å². The molecule has 0 spiro atoms. The molecule has 0 aliphatic heterocycles. The Kier molecular flexibility index (Phi) is 3.68. The molecule has 1 aromatic rings. The molecule has 1 rings (SSSR count). The molecule has 88 valence electrons. The van der Waals surface area contributed by atoms with E-state index in [1.807, 2.05) is 0 Å². The number of rotatable bonds is 4. The van der Waals surface area contributed by atoms with Crippen LogP contribution in [-0.2, 0) is 0 Å². The Morgan fingerprint density at radius 3 is 2.62 bits per heavy atom. The zero-order chi connectivity index (χ0) is 12.3. The van der Waals surface area contributed by atoms with Crippen molar-refractivity contribution >= 4 is 5.69 Å². The van der Waals surface area contributed by atoms with E-state index in [1.165, 1.54) is 7.11 Å². The minimum atomic E-state index is -0.950. The molecule has 1 atom stereocenters. The maximum absolute atomic E-state index is 10.6. The van der Waals surface area contributed by atoms with Gasteiger partial charge in [-0.3, -0.25) is 10.1 Å². The first-order valence-corrected chi connectivity index (χ1v) is 4.74. The van der Waals surface area contributed by atoms with E-state index in [9.17, 15) is 20.3 Å². The predicted molar refractivity (Wildman–Crippen MR) is 56.6 cm³/mol. The van der Waals surface area contributed by atoms with E-state index in [1.54, 1.807) is 6.92 Å². The monoisotopic (exact) mass is 227 g/mol. The highest BCUT2D eigenvalue weighted by atomic mass is 16.6. The number of phenolic OH excluding ortho intramolecular Hbond substituents is 1. The summed E-state index contributed by atoms with van der Waals surface area (Å²) in [6.07, 6.45) is -0.605. The molecule has 6 heteroatoms. The molecule has 0 fully saturated rings. The highest BCUT2D eigenvalue weighted by Gasteiger charge is 2.20. The summed E-state index contributed by atoms with van der Waals surface area (Å²) >= 11 is 0. The number of hydrogen-bond acceptors (Lipinski definition) is 5. The van der Waals surface area contributed by atoms with Crippen LogP contribution in [0.1, 0.15) is 25.0 Å². The van der Waals surface area contributed by atoms with Gasteiger partial charge in [0.1, 0.15) is 0 Å². The fourth-order valence-corrected chi connectivity index (χ4v) is 1.35. The highest BCUT2D eigenvalue weighted by Crippen LogP contribution is 2.38. The van der Waals surface area contributed by atoms with E-state index < -0.39 is 11.0 Å². The molecule has 16 heavy (non-hydrogen) atoms. The topological polar surface area (TPSA) is 92.8 Å². The fraction of sp³-hybridized carbons (Fsp3) is 0.400. The van der Waals surface area contributed by atoms with Crippen molar-refractivity contribution in [2.45, 2.75) is 19.4 Å². The molecule has 0 saturated carbocycles. The van der Waals surface area contributed by atoms with Gasteiger partial charge < -0.3 is 14.9 Å². The van der Waals surface area contributed by atoms with E-state index in [-0.39, 0.29) is 22.7 Å². The zero-order valence-corrected chi connectivity index (χ0v) is 9.01. The number of nitrogens with zero attached hydrogens (tertiary/aromatic N) is 1. The molecule has 0 saturated heterocycles. The van der Waals surface area contributed by atoms with Gasteiger partial charge >= 0.3 is 0 Å². The van der Waals surface area contributed by atoms with Gasteiger partial charge in [0, 0.05) is 11.6 Å². The number of aromatic hydroxyl groups is 1. The maximum Gasteiger partial charge on any atom is 0.273 e. The number of non-ortho nitro benzene ring substituents is 1. The van der Waals surface area contributed by atoms with Gasteiger partial charge in [0.2, 0.25) is 0 Å². The maximum atomic E-state index is 10.6. The minimum Gasteiger partial charge on any atom is -0.504 e. The normalized spacial score (nSPS) is 12.2. The third-order valence-electron chi connectivity index (χ3n) is 2.27. The van der Waals surface area contributed by atoms with Gasteiger partial charge in [-0.05, 0) is 6.42 Å². The lowest BCUT2D eigenvalue weighted by molar-refractivity contribution is -0.385. The quantitative estimate of drug-likeness (QED) is 0.603. The van der Waals surface area contributed by atoms with Crippen LogP contribution in [0.3, 0.4) is 0 Å². The first kappa shape index (κ1) is 12.3. The third-order valence-corrected chi connectivity index (χ3v) is 2.27. The summed E-state index contributed by atoms with van der Waals surface area (Å²) in [5.41, 5.74) is -0.120. The summed E-state index contributed by atoms with van der Waals surface area (Å²) < 4.78 is 4.81. The SMILES string of the molecule is CCC(O)c1cc([N+](=O)[O-])cc(OC)c1O. The van der Waals surface area contributed by atoms with Crippen LogP contribution < -0.4 is 4.74 Å². The van der Waals surface area contributed by atoms with Crippen molar-refractivity contribution in [3.8, 4) is 11.5 Å². The Bertz CT molecular complexity index is 404. The first-order chi connectivity index (χ1) is 7.51. The average molecular weight is 227 g/mol. The Morgan fingerprint density at radius 2 is 2.19 bits per heavy atom. The molecule has 0 amide bonds. The van der Waals surface area contributed by atoms with Crippen LogP contribution in [0.25, 0.3) is 0 Å². The van der Waals surface area contributed by atoms with Crippen molar-refractivity contribution in [3.05, 3.63) is 27.8 Å². The molecular formula is C10H13NO5. The van der Waals surface area contributed by atoms with Crippen LogP contribution in [0.4, 0.5) is 5.69 Å². The van der Waals surface area contributed by atoms with Crippen molar-refractivity contribution in [1.29, 1.82) is 0 Å². The number of benzene rings is 1. The first-order valence-electron chi connectivity index (χ1n) is 4.74. The number of hydrogen-bond donors (Lipinski definition) is 2. The molecule has 1 unspecified atom stereocenters. The number of aliphatic hydroxyl groups is 1. The predicted octanol–water partition coefficient (Wildman–Crippen LogP) is 1.75. The Hall–Kier alpha value is -1.82. The lowest BCUT2D eigenvalue weighted by atomic mass is 10.0. The summed E-state index contributed by atoms with van der Waals surface area (Å²) in [5.74, 6) is -0.279. The molecule has 1 aromatic carbocycles. The van der Waals surface area contributed by atoms with Gasteiger partial charge in [-0.15, -0.1) is 0 Å². The second-order valence-electron chi connectivity index (χ2n) is 3.27. The van der Waals surface area contributed by atoms with E-state index in [0.717, 1.165) is 12.1 Å². The number of ether oxygens (including phenoxy) is 1. The molecule has 0 aliphatic carbocycles. The molecule has 0 heterocycles. The lowest BCUT2D eigenvalue weighted by Gasteiger charge is -2.12. The fourth-order valence-electron chi connectivity index (χ4n) is 1.35.